The molecule has 1 amide bonds. The van der Waals surface area contributed by atoms with Crippen LogP contribution in [0.25, 0.3) is 0 Å². The third kappa shape index (κ3) is 5.72. The van der Waals surface area contributed by atoms with Gasteiger partial charge in [0, 0.05) is 18.3 Å². The number of amides is 1. The average molecular weight is 424 g/mol. The van der Waals surface area contributed by atoms with E-state index in [2.05, 4.69) is 6.92 Å². The minimum Gasteiger partial charge on any atom is -0.494 e. The normalized spacial score (nSPS) is 14.8. The molecule has 158 valence electrons. The molecule has 5 nitrogen and oxygen atoms in total. The Kier molecular flexibility index (Phi) is 7.32. The van der Waals surface area contributed by atoms with E-state index in [0.717, 1.165) is 47.2 Å². The van der Waals surface area contributed by atoms with Gasteiger partial charge >= 0.3 is 0 Å². The summed E-state index contributed by atoms with van der Waals surface area (Å²) in [5, 5.41) is 0.800. The van der Waals surface area contributed by atoms with Crippen molar-refractivity contribution in [3.05, 3.63) is 60.2 Å². The van der Waals surface area contributed by atoms with Crippen molar-refractivity contribution in [3.63, 3.8) is 0 Å². The first-order chi connectivity index (χ1) is 14.4. The van der Waals surface area contributed by atoms with Gasteiger partial charge in [-0.2, -0.15) is 0 Å². The van der Waals surface area contributed by atoms with Gasteiger partial charge < -0.3 is 9.64 Å². The van der Waals surface area contributed by atoms with Crippen LogP contribution in [0.15, 0.2) is 64.6 Å². The maximum absolute atomic E-state index is 12.7. The standard InChI is InChI=1S/C24H29N3O2S/c1-5-6-16-29-20-14-12-18(13-15-20)22-23(26-24(2,3)25-22)30-17-21(28)27(4)19-10-8-7-9-11-19/h7-15H,5-6,16-17H2,1-4H3. The lowest BCUT2D eigenvalue weighted by atomic mass is 10.1. The summed E-state index contributed by atoms with van der Waals surface area (Å²) in [4.78, 5) is 23.9. The van der Waals surface area contributed by atoms with Gasteiger partial charge in [-0.15, -0.1) is 0 Å². The molecule has 30 heavy (non-hydrogen) atoms. The monoisotopic (exact) mass is 423 g/mol. The van der Waals surface area contributed by atoms with Crippen LogP contribution in [-0.4, -0.2) is 41.7 Å². The fraction of sp³-hybridized carbons (Fsp3) is 0.375. The van der Waals surface area contributed by atoms with Crippen molar-refractivity contribution in [3.8, 4) is 5.75 Å². The number of benzene rings is 2. The molecule has 2 aromatic rings. The number of carbonyl (C=O) groups is 1. The quantitative estimate of drug-likeness (QED) is 0.549. The first-order valence-corrected chi connectivity index (χ1v) is 11.3. The van der Waals surface area contributed by atoms with Crippen LogP contribution < -0.4 is 9.64 Å². The maximum Gasteiger partial charge on any atom is 0.237 e. The van der Waals surface area contributed by atoms with Crippen molar-refractivity contribution < 1.29 is 9.53 Å². The van der Waals surface area contributed by atoms with Gasteiger partial charge in [0.25, 0.3) is 0 Å². The van der Waals surface area contributed by atoms with E-state index in [1.807, 2.05) is 68.4 Å². The van der Waals surface area contributed by atoms with Crippen molar-refractivity contribution in [2.75, 3.05) is 24.3 Å². The fourth-order valence-electron chi connectivity index (χ4n) is 3.00. The Bertz CT molecular complexity index is 921. The van der Waals surface area contributed by atoms with Gasteiger partial charge in [-0.3, -0.25) is 9.79 Å². The molecule has 0 atom stereocenters. The predicted octanol–water partition coefficient (Wildman–Crippen LogP) is 5.20. The predicted molar refractivity (Wildman–Crippen MR) is 127 cm³/mol. The zero-order valence-corrected chi connectivity index (χ0v) is 18.9. The van der Waals surface area contributed by atoms with Crippen LogP contribution in [0.1, 0.15) is 39.2 Å². The molecule has 0 bridgehead atoms. The van der Waals surface area contributed by atoms with Gasteiger partial charge in [-0.1, -0.05) is 43.3 Å². The van der Waals surface area contributed by atoms with Crippen LogP contribution in [0.4, 0.5) is 5.69 Å². The molecule has 0 N–H and O–H groups in total. The molecule has 1 heterocycles. The molecule has 0 saturated heterocycles. The molecule has 0 aliphatic carbocycles. The lowest BCUT2D eigenvalue weighted by Gasteiger charge is -2.17. The minimum atomic E-state index is -0.525. The molecule has 2 aromatic carbocycles. The van der Waals surface area contributed by atoms with E-state index in [1.54, 1.807) is 11.9 Å². The van der Waals surface area contributed by atoms with Gasteiger partial charge in [0.1, 0.15) is 16.5 Å². The molecule has 0 radical (unpaired) electrons. The summed E-state index contributed by atoms with van der Waals surface area (Å²) in [5.74, 6) is 1.19. The number of nitrogens with zero attached hydrogens (tertiary/aromatic N) is 3. The zero-order valence-electron chi connectivity index (χ0n) is 18.1. The Morgan fingerprint density at radius 3 is 2.43 bits per heavy atom. The number of hydrogen-bond donors (Lipinski definition) is 0. The highest BCUT2D eigenvalue weighted by molar-refractivity contribution is 8.16. The van der Waals surface area contributed by atoms with E-state index in [9.17, 15) is 4.79 Å². The molecule has 0 aromatic heterocycles. The molecule has 0 unspecified atom stereocenters. The third-order valence-electron chi connectivity index (χ3n) is 4.71. The van der Waals surface area contributed by atoms with Crippen molar-refractivity contribution >= 4 is 34.1 Å². The van der Waals surface area contributed by atoms with E-state index in [0.29, 0.717) is 5.75 Å². The van der Waals surface area contributed by atoms with Crippen LogP contribution in [0, 0.1) is 0 Å². The van der Waals surface area contributed by atoms with E-state index in [-0.39, 0.29) is 5.91 Å². The number of ether oxygens (including phenoxy) is 1. The van der Waals surface area contributed by atoms with Crippen LogP contribution in [0.3, 0.4) is 0 Å². The maximum atomic E-state index is 12.7. The highest BCUT2D eigenvalue weighted by atomic mass is 32.2. The largest absolute Gasteiger partial charge is 0.494 e. The molecular weight excluding hydrogens is 394 g/mol. The number of hydrogen-bond acceptors (Lipinski definition) is 5. The lowest BCUT2D eigenvalue weighted by Crippen LogP contribution is -2.28. The second kappa shape index (κ2) is 9.94. The van der Waals surface area contributed by atoms with Gasteiger partial charge in [0.15, 0.2) is 0 Å². The number of thioether (sulfide) groups is 1. The van der Waals surface area contributed by atoms with Crippen LogP contribution in [0.5, 0.6) is 5.75 Å². The highest BCUT2D eigenvalue weighted by Crippen LogP contribution is 2.28. The summed E-state index contributed by atoms with van der Waals surface area (Å²) in [6.45, 7) is 6.82. The van der Waals surface area contributed by atoms with Crippen molar-refractivity contribution in [1.29, 1.82) is 0 Å². The molecule has 1 aliphatic heterocycles. The molecular formula is C24H29N3O2S. The van der Waals surface area contributed by atoms with E-state index >= 15 is 0 Å². The minimum absolute atomic E-state index is 0.0256. The van der Waals surface area contributed by atoms with Crippen LogP contribution >= 0.6 is 11.8 Å². The Labute approximate surface area is 183 Å². The Morgan fingerprint density at radius 2 is 1.77 bits per heavy atom. The summed E-state index contributed by atoms with van der Waals surface area (Å²) >= 11 is 1.44. The van der Waals surface area contributed by atoms with Gasteiger partial charge in [0.05, 0.1) is 18.1 Å². The SMILES string of the molecule is CCCCOc1ccc(C2=NC(C)(C)N=C2SCC(=O)N(C)c2ccccc2)cc1. The summed E-state index contributed by atoms with van der Waals surface area (Å²) < 4.78 is 5.75. The summed E-state index contributed by atoms with van der Waals surface area (Å²) in [6.07, 6.45) is 2.15. The van der Waals surface area contributed by atoms with Gasteiger partial charge in [-0.25, -0.2) is 4.99 Å². The Hall–Kier alpha value is -2.60. The first-order valence-electron chi connectivity index (χ1n) is 10.3. The number of carbonyl (C=O) groups excluding carboxylic acids is 1. The molecule has 0 spiro atoms. The Balaban J connectivity index is 1.67. The lowest BCUT2D eigenvalue weighted by molar-refractivity contribution is -0.115. The summed E-state index contributed by atoms with van der Waals surface area (Å²) in [5.41, 5.74) is 2.17. The topological polar surface area (TPSA) is 54.3 Å². The molecule has 3 rings (SSSR count). The number of unbranched alkanes of at least 4 members (excludes halogenated alkanes) is 1. The summed E-state index contributed by atoms with van der Waals surface area (Å²) in [7, 11) is 1.80. The number of para-hydroxylation sites is 1. The zero-order chi connectivity index (χ0) is 21.6. The smallest absolute Gasteiger partial charge is 0.237 e. The first kappa shape index (κ1) is 22.1. The molecule has 0 saturated carbocycles. The van der Waals surface area contributed by atoms with Crippen molar-refractivity contribution in [1.82, 2.24) is 0 Å². The molecule has 1 aliphatic rings. The fourth-order valence-corrected chi connectivity index (χ4v) is 4.04. The van der Waals surface area contributed by atoms with Crippen molar-refractivity contribution in [2.24, 2.45) is 9.98 Å². The number of aliphatic imine (C=N–C) groups is 2. The van der Waals surface area contributed by atoms with Crippen LogP contribution in [0.2, 0.25) is 0 Å². The third-order valence-corrected chi connectivity index (χ3v) is 5.66. The molecule has 6 heteroatoms. The van der Waals surface area contributed by atoms with Crippen LogP contribution in [-0.2, 0) is 4.79 Å². The van der Waals surface area contributed by atoms with Gasteiger partial charge in [-0.05, 0) is 56.7 Å². The number of rotatable bonds is 8. The average Bonchev–Trinajstić information content (AvgIpc) is 3.07. The highest BCUT2D eigenvalue weighted by Gasteiger charge is 2.29. The van der Waals surface area contributed by atoms with Crippen molar-refractivity contribution in [2.45, 2.75) is 39.3 Å². The van der Waals surface area contributed by atoms with E-state index in [4.69, 9.17) is 14.7 Å². The molecule has 0 fully saturated rings. The number of anilines is 1. The second-order valence-electron chi connectivity index (χ2n) is 7.68. The summed E-state index contributed by atoms with van der Waals surface area (Å²) in [6, 6.07) is 17.6. The second-order valence-corrected chi connectivity index (χ2v) is 8.64. The van der Waals surface area contributed by atoms with Gasteiger partial charge in [0.2, 0.25) is 5.91 Å². The Morgan fingerprint density at radius 1 is 1.07 bits per heavy atom. The van der Waals surface area contributed by atoms with E-state index in [1.165, 1.54) is 11.8 Å². The van der Waals surface area contributed by atoms with E-state index < -0.39 is 5.66 Å².